The first kappa shape index (κ1) is 18.7. The standard InChI is InChI=1S/C20H23ClN6O/c21-17-4-1-3-16-14(11-24-18(16)17)5-7-23-20-25-12-15(13-26-20)19(28)27-9-2-6-22-8-10-27/h1,3-4,11-13,22,24H,2,5-10H2,(H,23,25,26). The molecule has 4 rings (SSSR count). The van der Waals surface area contributed by atoms with Crippen molar-refractivity contribution in [2.24, 2.45) is 0 Å². The van der Waals surface area contributed by atoms with E-state index in [9.17, 15) is 4.79 Å². The molecule has 1 aliphatic rings. The number of nitrogens with one attached hydrogen (secondary N) is 3. The molecule has 0 unspecified atom stereocenters. The summed E-state index contributed by atoms with van der Waals surface area (Å²) in [5.74, 6) is 0.512. The number of carbonyl (C=O) groups is 1. The van der Waals surface area contributed by atoms with E-state index in [0.29, 0.717) is 24.6 Å². The molecule has 1 fully saturated rings. The van der Waals surface area contributed by atoms with E-state index in [1.165, 1.54) is 5.56 Å². The van der Waals surface area contributed by atoms with Gasteiger partial charge in [0.05, 0.1) is 16.1 Å². The fourth-order valence-electron chi connectivity index (χ4n) is 3.45. The van der Waals surface area contributed by atoms with E-state index in [2.05, 4.69) is 31.7 Å². The Morgan fingerprint density at radius 2 is 2.07 bits per heavy atom. The van der Waals surface area contributed by atoms with Crippen LogP contribution in [0, 0.1) is 0 Å². The maximum Gasteiger partial charge on any atom is 0.257 e. The number of amides is 1. The minimum absolute atomic E-state index is 0.00841. The molecule has 1 amide bonds. The molecule has 0 radical (unpaired) electrons. The second kappa shape index (κ2) is 8.58. The first-order valence-electron chi connectivity index (χ1n) is 9.53. The van der Waals surface area contributed by atoms with Crippen LogP contribution in [0.1, 0.15) is 22.3 Å². The topological polar surface area (TPSA) is 85.9 Å². The van der Waals surface area contributed by atoms with Crippen molar-refractivity contribution in [1.82, 2.24) is 25.2 Å². The molecule has 0 atom stereocenters. The Kier molecular flexibility index (Phi) is 5.73. The van der Waals surface area contributed by atoms with Gasteiger partial charge in [0.15, 0.2) is 0 Å². The zero-order chi connectivity index (χ0) is 19.3. The van der Waals surface area contributed by atoms with Crippen LogP contribution in [0.4, 0.5) is 5.95 Å². The largest absolute Gasteiger partial charge is 0.360 e. The van der Waals surface area contributed by atoms with Gasteiger partial charge in [-0.25, -0.2) is 9.97 Å². The molecule has 2 aromatic heterocycles. The molecular weight excluding hydrogens is 376 g/mol. The summed E-state index contributed by atoms with van der Waals surface area (Å²) in [5.41, 5.74) is 2.67. The summed E-state index contributed by atoms with van der Waals surface area (Å²) >= 11 is 6.20. The van der Waals surface area contributed by atoms with E-state index >= 15 is 0 Å². The summed E-state index contributed by atoms with van der Waals surface area (Å²) in [6, 6.07) is 5.89. The van der Waals surface area contributed by atoms with E-state index in [0.717, 1.165) is 48.4 Å². The molecule has 1 aliphatic heterocycles. The molecule has 0 spiro atoms. The number of halogens is 1. The van der Waals surface area contributed by atoms with Crippen molar-refractivity contribution in [3.8, 4) is 0 Å². The lowest BCUT2D eigenvalue weighted by Crippen LogP contribution is -2.34. The zero-order valence-corrected chi connectivity index (χ0v) is 16.3. The highest BCUT2D eigenvalue weighted by Crippen LogP contribution is 2.25. The lowest BCUT2D eigenvalue weighted by atomic mass is 10.1. The molecule has 0 saturated carbocycles. The lowest BCUT2D eigenvalue weighted by molar-refractivity contribution is 0.0765. The van der Waals surface area contributed by atoms with Crippen LogP contribution in [-0.2, 0) is 6.42 Å². The fraction of sp³-hybridized carbons (Fsp3) is 0.350. The first-order valence-corrected chi connectivity index (χ1v) is 9.90. The van der Waals surface area contributed by atoms with E-state index in [1.807, 2.05) is 23.2 Å². The minimum Gasteiger partial charge on any atom is -0.360 e. The van der Waals surface area contributed by atoms with E-state index < -0.39 is 0 Å². The van der Waals surface area contributed by atoms with Crippen LogP contribution in [0.5, 0.6) is 0 Å². The second-order valence-electron chi connectivity index (χ2n) is 6.84. The predicted octanol–water partition coefficient (Wildman–Crippen LogP) is 2.70. The van der Waals surface area contributed by atoms with Crippen molar-refractivity contribution in [1.29, 1.82) is 0 Å². The van der Waals surface area contributed by atoms with Crippen LogP contribution in [-0.4, -0.2) is 58.5 Å². The quantitative estimate of drug-likeness (QED) is 0.615. The van der Waals surface area contributed by atoms with Crippen molar-refractivity contribution in [3.63, 3.8) is 0 Å². The van der Waals surface area contributed by atoms with Crippen LogP contribution in [0.3, 0.4) is 0 Å². The van der Waals surface area contributed by atoms with Gasteiger partial charge in [-0.05, 0) is 31.0 Å². The number of carbonyl (C=O) groups excluding carboxylic acids is 1. The highest BCUT2D eigenvalue weighted by Gasteiger charge is 2.17. The number of anilines is 1. The van der Waals surface area contributed by atoms with Crippen LogP contribution in [0.15, 0.2) is 36.8 Å². The van der Waals surface area contributed by atoms with E-state index in [1.54, 1.807) is 12.4 Å². The van der Waals surface area contributed by atoms with Gasteiger partial charge >= 0.3 is 0 Å². The van der Waals surface area contributed by atoms with Crippen LogP contribution in [0.25, 0.3) is 10.9 Å². The predicted molar refractivity (Wildman–Crippen MR) is 111 cm³/mol. The van der Waals surface area contributed by atoms with Crippen molar-refractivity contribution < 1.29 is 4.79 Å². The SMILES string of the molecule is O=C(c1cnc(NCCc2c[nH]c3c(Cl)cccc23)nc1)N1CCCNCC1. The van der Waals surface area contributed by atoms with E-state index in [-0.39, 0.29) is 5.91 Å². The molecule has 0 aliphatic carbocycles. The van der Waals surface area contributed by atoms with Crippen molar-refractivity contribution in [2.75, 3.05) is 38.0 Å². The van der Waals surface area contributed by atoms with E-state index in [4.69, 9.17) is 11.6 Å². The smallest absolute Gasteiger partial charge is 0.257 e. The van der Waals surface area contributed by atoms with Gasteiger partial charge in [-0.2, -0.15) is 0 Å². The fourth-order valence-corrected chi connectivity index (χ4v) is 3.68. The van der Waals surface area contributed by atoms with Crippen molar-refractivity contribution in [3.05, 3.63) is 52.9 Å². The number of para-hydroxylation sites is 1. The van der Waals surface area contributed by atoms with Gasteiger partial charge < -0.3 is 20.5 Å². The molecular formula is C20H23ClN6O. The molecule has 3 heterocycles. The average Bonchev–Trinajstić information content (AvgIpc) is 2.95. The van der Waals surface area contributed by atoms with Gasteiger partial charge in [0.1, 0.15) is 0 Å². The van der Waals surface area contributed by atoms with Gasteiger partial charge in [-0.1, -0.05) is 23.7 Å². The number of rotatable bonds is 5. The number of nitrogens with zero attached hydrogens (tertiary/aromatic N) is 3. The summed E-state index contributed by atoms with van der Waals surface area (Å²) in [6.45, 7) is 3.94. The van der Waals surface area contributed by atoms with Crippen LogP contribution in [0.2, 0.25) is 5.02 Å². The summed E-state index contributed by atoms with van der Waals surface area (Å²) in [4.78, 5) is 26.2. The molecule has 1 saturated heterocycles. The third kappa shape index (κ3) is 4.10. The number of H-pyrrole nitrogens is 1. The Morgan fingerprint density at radius 3 is 2.93 bits per heavy atom. The normalized spacial score (nSPS) is 14.8. The van der Waals surface area contributed by atoms with Gasteiger partial charge in [0.25, 0.3) is 5.91 Å². The maximum absolute atomic E-state index is 12.6. The highest BCUT2D eigenvalue weighted by molar-refractivity contribution is 6.35. The molecule has 3 aromatic rings. The Labute approximate surface area is 168 Å². The average molecular weight is 399 g/mol. The Bertz CT molecular complexity index is 947. The zero-order valence-electron chi connectivity index (χ0n) is 15.5. The first-order chi connectivity index (χ1) is 13.7. The Balaban J connectivity index is 1.34. The van der Waals surface area contributed by atoms with Crippen molar-refractivity contribution in [2.45, 2.75) is 12.8 Å². The number of benzene rings is 1. The van der Waals surface area contributed by atoms with Gasteiger partial charge in [0, 0.05) is 50.2 Å². The lowest BCUT2D eigenvalue weighted by Gasteiger charge is -2.19. The van der Waals surface area contributed by atoms with Gasteiger partial charge in [0.2, 0.25) is 5.95 Å². The summed E-state index contributed by atoms with van der Waals surface area (Å²) in [6.07, 6.45) is 6.95. The third-order valence-electron chi connectivity index (χ3n) is 4.95. The molecule has 7 nitrogen and oxygen atoms in total. The number of hydrogen-bond donors (Lipinski definition) is 3. The molecule has 146 valence electrons. The molecule has 1 aromatic carbocycles. The third-order valence-corrected chi connectivity index (χ3v) is 5.27. The molecule has 8 heteroatoms. The van der Waals surface area contributed by atoms with Gasteiger partial charge in [-0.3, -0.25) is 4.79 Å². The molecule has 0 bridgehead atoms. The number of hydrogen-bond acceptors (Lipinski definition) is 5. The second-order valence-corrected chi connectivity index (χ2v) is 7.25. The maximum atomic E-state index is 12.6. The minimum atomic E-state index is -0.00841. The van der Waals surface area contributed by atoms with Gasteiger partial charge in [-0.15, -0.1) is 0 Å². The number of fused-ring (bicyclic) bond motifs is 1. The van der Waals surface area contributed by atoms with Crippen LogP contribution >= 0.6 is 11.6 Å². The monoisotopic (exact) mass is 398 g/mol. The van der Waals surface area contributed by atoms with Crippen LogP contribution < -0.4 is 10.6 Å². The number of aromatic amines is 1. The highest BCUT2D eigenvalue weighted by atomic mass is 35.5. The molecule has 28 heavy (non-hydrogen) atoms. The summed E-state index contributed by atoms with van der Waals surface area (Å²) < 4.78 is 0. The summed E-state index contributed by atoms with van der Waals surface area (Å²) in [7, 11) is 0. The Hall–Kier alpha value is -2.64. The Morgan fingerprint density at radius 1 is 1.21 bits per heavy atom. The molecule has 3 N–H and O–H groups in total. The van der Waals surface area contributed by atoms with Crippen molar-refractivity contribution >= 4 is 34.4 Å². The number of aromatic nitrogens is 3. The summed E-state index contributed by atoms with van der Waals surface area (Å²) in [5, 5.41) is 8.36.